The highest BCUT2D eigenvalue weighted by Crippen LogP contribution is 2.13. The van der Waals surface area contributed by atoms with Crippen LogP contribution < -0.4 is 5.32 Å². The summed E-state index contributed by atoms with van der Waals surface area (Å²) < 4.78 is 5.42. The van der Waals surface area contributed by atoms with Crippen LogP contribution >= 0.6 is 0 Å². The number of hydrogen-bond acceptors (Lipinski definition) is 3. The summed E-state index contributed by atoms with van der Waals surface area (Å²) in [7, 11) is 0. The van der Waals surface area contributed by atoms with Crippen molar-refractivity contribution >= 4 is 5.91 Å². The predicted molar refractivity (Wildman–Crippen MR) is 104 cm³/mol. The summed E-state index contributed by atoms with van der Waals surface area (Å²) in [6.45, 7) is 5.08. The molecule has 26 heavy (non-hydrogen) atoms. The lowest BCUT2D eigenvalue weighted by Gasteiger charge is -2.27. The van der Waals surface area contributed by atoms with Crippen LogP contribution in [0.4, 0.5) is 0 Å². The standard InChI is InChI=1S/C22H28N2O2/c25-22(12-6-9-19-7-2-1-3-8-19)23-17-20-10-4-5-11-21(20)18-24-13-15-26-16-14-24/h1-5,7-8,10-11H,6,9,12-18H2,(H,23,25). The molecule has 4 nitrogen and oxygen atoms in total. The fraction of sp³-hybridized carbons (Fsp3) is 0.409. The van der Waals surface area contributed by atoms with Crippen LogP contribution in [0.3, 0.4) is 0 Å². The zero-order chi connectivity index (χ0) is 18.0. The van der Waals surface area contributed by atoms with Crippen LogP contribution in [0.2, 0.25) is 0 Å². The first-order valence-corrected chi connectivity index (χ1v) is 9.49. The van der Waals surface area contributed by atoms with E-state index in [2.05, 4.69) is 40.5 Å². The van der Waals surface area contributed by atoms with Gasteiger partial charge in [-0.15, -0.1) is 0 Å². The van der Waals surface area contributed by atoms with Crippen LogP contribution in [0, 0.1) is 0 Å². The average molecular weight is 352 g/mol. The fourth-order valence-electron chi connectivity index (χ4n) is 3.26. The van der Waals surface area contributed by atoms with Gasteiger partial charge in [-0.05, 0) is 29.5 Å². The van der Waals surface area contributed by atoms with Gasteiger partial charge >= 0.3 is 0 Å². The molecule has 0 aromatic heterocycles. The second-order valence-electron chi connectivity index (χ2n) is 6.77. The smallest absolute Gasteiger partial charge is 0.220 e. The Morgan fingerprint density at radius 1 is 0.962 bits per heavy atom. The Bertz CT molecular complexity index is 682. The Hall–Kier alpha value is -2.17. The number of hydrogen-bond donors (Lipinski definition) is 1. The van der Waals surface area contributed by atoms with E-state index in [9.17, 15) is 4.79 Å². The van der Waals surface area contributed by atoms with Crippen LogP contribution in [0.25, 0.3) is 0 Å². The van der Waals surface area contributed by atoms with Crippen LogP contribution in [-0.2, 0) is 29.0 Å². The molecule has 0 aliphatic carbocycles. The molecule has 0 atom stereocenters. The minimum Gasteiger partial charge on any atom is -0.379 e. The van der Waals surface area contributed by atoms with Gasteiger partial charge in [-0.2, -0.15) is 0 Å². The normalized spacial score (nSPS) is 14.9. The van der Waals surface area contributed by atoms with Crippen molar-refractivity contribution in [2.75, 3.05) is 26.3 Å². The summed E-state index contributed by atoms with van der Waals surface area (Å²) in [5, 5.41) is 3.08. The van der Waals surface area contributed by atoms with Crippen molar-refractivity contribution in [3.8, 4) is 0 Å². The first kappa shape index (κ1) is 18.6. The summed E-state index contributed by atoms with van der Waals surface area (Å²) in [5.74, 6) is 0.127. The SMILES string of the molecule is O=C(CCCc1ccccc1)NCc1ccccc1CN1CCOCC1. The molecule has 2 aromatic rings. The summed E-state index contributed by atoms with van der Waals surface area (Å²) in [6.07, 6.45) is 2.40. The highest BCUT2D eigenvalue weighted by Gasteiger charge is 2.13. The van der Waals surface area contributed by atoms with Crippen molar-refractivity contribution in [1.82, 2.24) is 10.2 Å². The van der Waals surface area contributed by atoms with E-state index in [4.69, 9.17) is 4.74 Å². The van der Waals surface area contributed by atoms with Gasteiger partial charge in [0, 0.05) is 32.6 Å². The third-order valence-electron chi connectivity index (χ3n) is 4.80. The first-order valence-electron chi connectivity index (χ1n) is 9.49. The van der Waals surface area contributed by atoms with Crippen molar-refractivity contribution in [3.05, 3.63) is 71.3 Å². The molecule has 1 aliphatic rings. The van der Waals surface area contributed by atoms with Gasteiger partial charge in [0.25, 0.3) is 0 Å². The Kier molecular flexibility index (Phi) is 7.23. The number of ether oxygens (including phenoxy) is 1. The molecule has 4 heteroatoms. The summed E-state index contributed by atoms with van der Waals surface area (Å²) >= 11 is 0. The third kappa shape index (κ3) is 5.97. The number of aryl methyl sites for hydroxylation is 1. The zero-order valence-electron chi connectivity index (χ0n) is 15.3. The fourth-order valence-corrected chi connectivity index (χ4v) is 3.26. The van der Waals surface area contributed by atoms with Gasteiger partial charge < -0.3 is 10.1 Å². The molecule has 1 aliphatic heterocycles. The number of nitrogens with one attached hydrogen (secondary N) is 1. The molecule has 0 bridgehead atoms. The Morgan fingerprint density at radius 2 is 1.65 bits per heavy atom. The summed E-state index contributed by atoms with van der Waals surface area (Å²) in [6, 6.07) is 18.7. The van der Waals surface area contributed by atoms with Crippen molar-refractivity contribution in [2.24, 2.45) is 0 Å². The lowest BCUT2D eigenvalue weighted by molar-refractivity contribution is -0.121. The molecule has 0 radical (unpaired) electrons. The van der Waals surface area contributed by atoms with Crippen LogP contribution in [-0.4, -0.2) is 37.1 Å². The van der Waals surface area contributed by atoms with E-state index in [1.807, 2.05) is 24.3 Å². The van der Waals surface area contributed by atoms with Gasteiger partial charge in [-0.25, -0.2) is 0 Å². The van der Waals surface area contributed by atoms with Gasteiger partial charge in [0.2, 0.25) is 5.91 Å². The number of benzene rings is 2. The van der Waals surface area contributed by atoms with Crippen molar-refractivity contribution in [3.63, 3.8) is 0 Å². The van der Waals surface area contributed by atoms with E-state index in [1.165, 1.54) is 16.7 Å². The lowest BCUT2D eigenvalue weighted by atomic mass is 10.1. The molecule has 1 amide bonds. The van der Waals surface area contributed by atoms with Crippen molar-refractivity contribution < 1.29 is 9.53 Å². The summed E-state index contributed by atoms with van der Waals surface area (Å²) in [4.78, 5) is 14.6. The van der Waals surface area contributed by atoms with Gasteiger partial charge in [-0.3, -0.25) is 9.69 Å². The largest absolute Gasteiger partial charge is 0.379 e. The molecule has 0 saturated carbocycles. The van der Waals surface area contributed by atoms with Gasteiger partial charge in [0.05, 0.1) is 13.2 Å². The number of carbonyl (C=O) groups is 1. The van der Waals surface area contributed by atoms with E-state index >= 15 is 0 Å². The van der Waals surface area contributed by atoms with E-state index in [1.54, 1.807) is 0 Å². The number of nitrogens with zero attached hydrogens (tertiary/aromatic N) is 1. The Labute approximate surface area is 156 Å². The zero-order valence-corrected chi connectivity index (χ0v) is 15.3. The number of amides is 1. The molecule has 1 saturated heterocycles. The van der Waals surface area contributed by atoms with Crippen molar-refractivity contribution in [2.45, 2.75) is 32.4 Å². The third-order valence-corrected chi connectivity index (χ3v) is 4.80. The quantitative estimate of drug-likeness (QED) is 0.793. The molecular weight excluding hydrogens is 324 g/mol. The molecule has 2 aromatic carbocycles. The van der Waals surface area contributed by atoms with Crippen molar-refractivity contribution in [1.29, 1.82) is 0 Å². The number of rotatable bonds is 8. The minimum atomic E-state index is 0.127. The Morgan fingerprint density at radius 3 is 2.42 bits per heavy atom. The first-order chi connectivity index (χ1) is 12.8. The van der Waals surface area contributed by atoms with Gasteiger partial charge in [-0.1, -0.05) is 54.6 Å². The maximum atomic E-state index is 12.2. The molecule has 3 rings (SSSR count). The predicted octanol–water partition coefficient (Wildman–Crippen LogP) is 3.16. The Balaban J connectivity index is 1.44. The molecule has 1 heterocycles. The van der Waals surface area contributed by atoms with E-state index in [0.717, 1.165) is 45.7 Å². The number of morpholine rings is 1. The monoisotopic (exact) mass is 352 g/mol. The number of carbonyl (C=O) groups excluding carboxylic acids is 1. The van der Waals surface area contributed by atoms with E-state index in [-0.39, 0.29) is 5.91 Å². The van der Waals surface area contributed by atoms with Gasteiger partial charge in [0.15, 0.2) is 0 Å². The van der Waals surface area contributed by atoms with Crippen LogP contribution in [0.5, 0.6) is 0 Å². The molecule has 1 N–H and O–H groups in total. The highest BCUT2D eigenvalue weighted by atomic mass is 16.5. The second kappa shape index (κ2) is 10.1. The molecule has 0 unspecified atom stereocenters. The van der Waals surface area contributed by atoms with E-state index < -0.39 is 0 Å². The van der Waals surface area contributed by atoms with Gasteiger partial charge in [0.1, 0.15) is 0 Å². The molecule has 0 spiro atoms. The van der Waals surface area contributed by atoms with Crippen LogP contribution in [0.1, 0.15) is 29.5 Å². The maximum Gasteiger partial charge on any atom is 0.220 e. The average Bonchev–Trinajstić information content (AvgIpc) is 2.69. The van der Waals surface area contributed by atoms with E-state index in [0.29, 0.717) is 13.0 Å². The highest BCUT2D eigenvalue weighted by molar-refractivity contribution is 5.75. The topological polar surface area (TPSA) is 41.6 Å². The molecule has 1 fully saturated rings. The lowest BCUT2D eigenvalue weighted by Crippen LogP contribution is -2.36. The summed E-state index contributed by atoms with van der Waals surface area (Å²) in [5.41, 5.74) is 3.78. The maximum absolute atomic E-state index is 12.2. The second-order valence-corrected chi connectivity index (χ2v) is 6.77. The minimum absolute atomic E-state index is 0.127. The molecular formula is C22H28N2O2. The molecule has 138 valence electrons. The van der Waals surface area contributed by atoms with Crippen LogP contribution in [0.15, 0.2) is 54.6 Å².